The lowest BCUT2D eigenvalue weighted by Crippen LogP contribution is -2.02. The fraction of sp³-hybridized carbons (Fsp3) is 0.600. The van der Waals surface area contributed by atoms with E-state index in [-0.39, 0.29) is 0 Å². The smallest absolute Gasteiger partial charge is 0.123 e. The van der Waals surface area contributed by atoms with Gasteiger partial charge in [-0.1, -0.05) is 57.5 Å². The second-order valence-electron chi connectivity index (χ2n) is 5.20. The van der Waals surface area contributed by atoms with E-state index in [1.54, 1.807) is 7.11 Å². The minimum atomic E-state index is 0.396. The highest BCUT2D eigenvalue weighted by Gasteiger charge is 2.22. The average Bonchev–Trinajstić information content (AvgIpc) is 2.84. The molecule has 1 atom stereocenters. The molecule has 2 rings (SSSR count). The van der Waals surface area contributed by atoms with Gasteiger partial charge in [0.2, 0.25) is 0 Å². The van der Waals surface area contributed by atoms with Crippen molar-refractivity contribution >= 4 is 31.9 Å². The van der Waals surface area contributed by atoms with E-state index in [1.165, 1.54) is 43.2 Å². The summed E-state index contributed by atoms with van der Waals surface area (Å²) < 4.78 is 6.68. The van der Waals surface area contributed by atoms with Crippen molar-refractivity contribution in [3.05, 3.63) is 27.7 Å². The first-order chi connectivity index (χ1) is 8.61. The number of halogens is 2. The van der Waals surface area contributed by atoms with Gasteiger partial charge in [-0.2, -0.15) is 0 Å². The molecule has 100 valence electrons. The van der Waals surface area contributed by atoms with Gasteiger partial charge in [-0.25, -0.2) is 0 Å². The maximum atomic E-state index is 5.52. The molecule has 0 radical (unpaired) electrons. The number of benzene rings is 1. The Morgan fingerprint density at radius 2 is 2.00 bits per heavy atom. The van der Waals surface area contributed by atoms with Crippen molar-refractivity contribution < 1.29 is 4.74 Å². The molecule has 1 aromatic carbocycles. The maximum absolute atomic E-state index is 5.52. The van der Waals surface area contributed by atoms with Gasteiger partial charge in [-0.3, -0.25) is 0 Å². The largest absolute Gasteiger partial charge is 0.496 e. The van der Waals surface area contributed by atoms with E-state index in [1.807, 2.05) is 0 Å². The Bertz CT molecular complexity index is 411. The van der Waals surface area contributed by atoms with E-state index in [4.69, 9.17) is 4.74 Å². The predicted octanol–water partition coefficient (Wildman–Crippen LogP) is 5.78. The van der Waals surface area contributed by atoms with Crippen LogP contribution in [0.2, 0.25) is 0 Å². The number of hydrogen-bond donors (Lipinski definition) is 0. The molecule has 1 saturated carbocycles. The normalized spacial score (nSPS) is 18.0. The SMILES string of the molecule is COc1cc(C)c(Br)cc1C(Br)CC1CCCC1. The van der Waals surface area contributed by atoms with Crippen molar-refractivity contribution in [3.8, 4) is 5.75 Å². The van der Waals surface area contributed by atoms with Gasteiger partial charge >= 0.3 is 0 Å². The number of rotatable bonds is 4. The lowest BCUT2D eigenvalue weighted by Gasteiger charge is -2.19. The van der Waals surface area contributed by atoms with Crippen LogP contribution in [0.4, 0.5) is 0 Å². The molecule has 1 nitrogen and oxygen atoms in total. The van der Waals surface area contributed by atoms with Gasteiger partial charge in [-0.05, 0) is 37.0 Å². The molecule has 0 bridgehead atoms. The molecule has 0 N–H and O–H groups in total. The average molecular weight is 376 g/mol. The van der Waals surface area contributed by atoms with Gasteiger partial charge in [0.1, 0.15) is 5.75 Å². The van der Waals surface area contributed by atoms with Crippen LogP contribution >= 0.6 is 31.9 Å². The van der Waals surface area contributed by atoms with Crippen molar-refractivity contribution in [3.63, 3.8) is 0 Å². The number of ether oxygens (including phenoxy) is 1. The zero-order valence-electron chi connectivity index (χ0n) is 11.0. The van der Waals surface area contributed by atoms with Crippen molar-refractivity contribution in [1.29, 1.82) is 0 Å². The summed E-state index contributed by atoms with van der Waals surface area (Å²) in [6, 6.07) is 4.31. The molecule has 0 aromatic heterocycles. The molecule has 1 fully saturated rings. The molecule has 0 saturated heterocycles. The van der Waals surface area contributed by atoms with Crippen LogP contribution in [-0.4, -0.2) is 7.11 Å². The van der Waals surface area contributed by atoms with E-state index in [2.05, 4.69) is 50.9 Å². The van der Waals surface area contributed by atoms with Crippen LogP contribution in [0.1, 0.15) is 48.1 Å². The lowest BCUT2D eigenvalue weighted by atomic mass is 9.97. The Morgan fingerprint density at radius 1 is 1.33 bits per heavy atom. The molecule has 0 aliphatic heterocycles. The van der Waals surface area contributed by atoms with Crippen molar-refractivity contribution in [1.82, 2.24) is 0 Å². The van der Waals surface area contributed by atoms with E-state index < -0.39 is 0 Å². The second-order valence-corrected chi connectivity index (χ2v) is 7.16. The summed E-state index contributed by atoms with van der Waals surface area (Å²) in [6.45, 7) is 2.09. The molecule has 1 aliphatic rings. The van der Waals surface area contributed by atoms with Gasteiger partial charge in [0.15, 0.2) is 0 Å². The van der Waals surface area contributed by atoms with E-state index in [0.717, 1.165) is 16.1 Å². The summed E-state index contributed by atoms with van der Waals surface area (Å²) >= 11 is 7.46. The van der Waals surface area contributed by atoms with Crippen LogP contribution in [0.5, 0.6) is 5.75 Å². The first-order valence-corrected chi connectivity index (χ1v) is 8.30. The molecule has 1 aromatic rings. The molecule has 18 heavy (non-hydrogen) atoms. The topological polar surface area (TPSA) is 9.23 Å². The van der Waals surface area contributed by atoms with Gasteiger partial charge < -0.3 is 4.74 Å². The Balaban J connectivity index is 2.17. The van der Waals surface area contributed by atoms with E-state index in [9.17, 15) is 0 Å². The van der Waals surface area contributed by atoms with Crippen molar-refractivity contribution in [2.45, 2.75) is 43.9 Å². The standard InChI is InChI=1S/C15H20Br2O/c1-10-7-15(18-2)12(9-13(10)16)14(17)8-11-5-3-4-6-11/h7,9,11,14H,3-6,8H2,1-2H3. The van der Waals surface area contributed by atoms with Crippen LogP contribution in [-0.2, 0) is 0 Å². The molecule has 3 heteroatoms. The van der Waals surface area contributed by atoms with Crippen LogP contribution in [0.25, 0.3) is 0 Å². The third-order valence-electron chi connectivity index (χ3n) is 3.86. The van der Waals surface area contributed by atoms with Crippen LogP contribution in [0.3, 0.4) is 0 Å². The quantitative estimate of drug-likeness (QED) is 0.605. The van der Waals surface area contributed by atoms with Crippen LogP contribution in [0, 0.1) is 12.8 Å². The maximum Gasteiger partial charge on any atom is 0.123 e. The van der Waals surface area contributed by atoms with Crippen molar-refractivity contribution in [2.24, 2.45) is 5.92 Å². The highest BCUT2D eigenvalue weighted by molar-refractivity contribution is 9.10. The molecular weight excluding hydrogens is 356 g/mol. The first kappa shape index (κ1) is 14.4. The van der Waals surface area contributed by atoms with Crippen LogP contribution < -0.4 is 4.74 Å². The van der Waals surface area contributed by atoms with E-state index >= 15 is 0 Å². The number of methoxy groups -OCH3 is 1. The fourth-order valence-corrected chi connectivity index (χ4v) is 4.01. The minimum absolute atomic E-state index is 0.396. The zero-order chi connectivity index (χ0) is 13.1. The van der Waals surface area contributed by atoms with Crippen LogP contribution in [0.15, 0.2) is 16.6 Å². The van der Waals surface area contributed by atoms with Gasteiger partial charge in [0.05, 0.1) is 7.11 Å². The Morgan fingerprint density at radius 3 is 2.61 bits per heavy atom. The first-order valence-electron chi connectivity index (χ1n) is 6.60. The fourth-order valence-electron chi connectivity index (χ4n) is 2.76. The number of aryl methyl sites for hydroxylation is 1. The summed E-state index contributed by atoms with van der Waals surface area (Å²) in [4.78, 5) is 0.396. The molecule has 1 aliphatic carbocycles. The Kier molecular flexibility index (Phi) is 5.14. The summed E-state index contributed by atoms with van der Waals surface area (Å²) in [5.74, 6) is 1.87. The van der Waals surface area contributed by atoms with Gasteiger partial charge in [0, 0.05) is 14.9 Å². The highest BCUT2D eigenvalue weighted by atomic mass is 79.9. The molecule has 0 heterocycles. The summed E-state index contributed by atoms with van der Waals surface area (Å²) in [7, 11) is 1.75. The van der Waals surface area contributed by atoms with Crippen molar-refractivity contribution in [2.75, 3.05) is 7.11 Å². The molecule has 1 unspecified atom stereocenters. The molecule has 0 amide bonds. The molecular formula is C15H20Br2O. The molecule has 0 spiro atoms. The Hall–Kier alpha value is -0.0200. The summed E-state index contributed by atoms with van der Waals surface area (Å²) in [6.07, 6.45) is 6.79. The van der Waals surface area contributed by atoms with Gasteiger partial charge in [-0.15, -0.1) is 0 Å². The van der Waals surface area contributed by atoms with E-state index in [0.29, 0.717) is 4.83 Å². The summed E-state index contributed by atoms with van der Waals surface area (Å²) in [5, 5.41) is 0. The zero-order valence-corrected chi connectivity index (χ0v) is 14.2. The third kappa shape index (κ3) is 3.30. The highest BCUT2D eigenvalue weighted by Crippen LogP contribution is 2.41. The van der Waals surface area contributed by atoms with Gasteiger partial charge in [0.25, 0.3) is 0 Å². The number of hydrogen-bond acceptors (Lipinski definition) is 1. The second kappa shape index (κ2) is 6.42. The third-order valence-corrected chi connectivity index (χ3v) is 5.58. The lowest BCUT2D eigenvalue weighted by molar-refractivity contribution is 0.405. The minimum Gasteiger partial charge on any atom is -0.496 e. The Labute approximate surface area is 127 Å². The predicted molar refractivity (Wildman–Crippen MR) is 83.7 cm³/mol. The number of alkyl halides is 1. The monoisotopic (exact) mass is 374 g/mol. The summed E-state index contributed by atoms with van der Waals surface area (Å²) in [5.41, 5.74) is 2.48.